The maximum atomic E-state index is 12.3. The molecule has 0 unspecified atom stereocenters. The summed E-state index contributed by atoms with van der Waals surface area (Å²) in [6, 6.07) is 10.6. The van der Waals surface area contributed by atoms with E-state index in [0.717, 1.165) is 11.1 Å². The van der Waals surface area contributed by atoms with Crippen molar-refractivity contribution in [1.29, 1.82) is 0 Å². The first-order chi connectivity index (χ1) is 13.4. The average Bonchev–Trinajstić information content (AvgIpc) is 3.05. The van der Waals surface area contributed by atoms with Crippen molar-refractivity contribution in [2.45, 2.75) is 25.5 Å². The van der Waals surface area contributed by atoms with Gasteiger partial charge < -0.3 is 9.88 Å². The molecule has 0 fully saturated rings. The van der Waals surface area contributed by atoms with Crippen molar-refractivity contribution < 1.29 is 4.79 Å². The standard InChI is InChI=1S/C19H17Cl3N4OS/c1-3-26-18(14-7-5-12(20)8-16(14)22)24-25-19(26)28-10-17(27)23-13-6-4-11(2)15(21)9-13/h4-9H,3,10H2,1-2H3,(H,23,27). The van der Waals surface area contributed by atoms with Crippen LogP contribution >= 0.6 is 46.6 Å². The van der Waals surface area contributed by atoms with Gasteiger partial charge in [-0.05, 0) is 49.7 Å². The van der Waals surface area contributed by atoms with Gasteiger partial charge in [-0.2, -0.15) is 0 Å². The molecule has 0 spiro atoms. The Labute approximate surface area is 182 Å². The third-order valence-electron chi connectivity index (χ3n) is 3.99. The molecule has 2 aromatic carbocycles. The van der Waals surface area contributed by atoms with Crippen LogP contribution in [-0.4, -0.2) is 26.4 Å². The van der Waals surface area contributed by atoms with Crippen LogP contribution in [0.2, 0.25) is 15.1 Å². The molecule has 3 aromatic rings. The molecule has 0 bridgehead atoms. The Balaban J connectivity index is 1.71. The highest BCUT2D eigenvalue weighted by Crippen LogP contribution is 2.31. The number of carbonyl (C=O) groups is 1. The summed E-state index contributed by atoms with van der Waals surface area (Å²) in [5, 5.41) is 13.6. The molecule has 0 aliphatic rings. The van der Waals surface area contributed by atoms with Gasteiger partial charge in [0.15, 0.2) is 11.0 Å². The van der Waals surface area contributed by atoms with Crippen LogP contribution in [0.3, 0.4) is 0 Å². The van der Waals surface area contributed by atoms with Crippen LogP contribution in [0.15, 0.2) is 41.6 Å². The van der Waals surface area contributed by atoms with Crippen molar-refractivity contribution in [3.8, 4) is 11.4 Å². The summed E-state index contributed by atoms with van der Waals surface area (Å²) in [6.45, 7) is 4.53. The maximum absolute atomic E-state index is 12.3. The molecule has 1 heterocycles. The third-order valence-corrected chi connectivity index (χ3v) is 5.91. The summed E-state index contributed by atoms with van der Waals surface area (Å²) in [6.07, 6.45) is 0. The van der Waals surface area contributed by atoms with E-state index in [1.807, 2.05) is 36.6 Å². The highest BCUT2D eigenvalue weighted by molar-refractivity contribution is 7.99. The minimum Gasteiger partial charge on any atom is -0.325 e. The van der Waals surface area contributed by atoms with Gasteiger partial charge in [-0.25, -0.2) is 0 Å². The van der Waals surface area contributed by atoms with Crippen molar-refractivity contribution in [3.63, 3.8) is 0 Å². The summed E-state index contributed by atoms with van der Waals surface area (Å²) in [5.41, 5.74) is 2.36. The molecule has 0 saturated carbocycles. The van der Waals surface area contributed by atoms with Crippen LogP contribution in [-0.2, 0) is 11.3 Å². The lowest BCUT2D eigenvalue weighted by molar-refractivity contribution is -0.113. The zero-order chi connectivity index (χ0) is 20.3. The number of hydrogen-bond acceptors (Lipinski definition) is 4. The second-order valence-corrected chi connectivity index (χ2v) is 8.17. The number of amides is 1. The zero-order valence-corrected chi connectivity index (χ0v) is 18.3. The fraction of sp³-hybridized carbons (Fsp3) is 0.211. The van der Waals surface area contributed by atoms with Gasteiger partial charge in [0.25, 0.3) is 0 Å². The molecule has 0 atom stereocenters. The topological polar surface area (TPSA) is 59.8 Å². The van der Waals surface area contributed by atoms with E-state index in [0.29, 0.717) is 38.3 Å². The van der Waals surface area contributed by atoms with Crippen molar-refractivity contribution in [2.75, 3.05) is 11.1 Å². The monoisotopic (exact) mass is 454 g/mol. The number of carbonyl (C=O) groups excluding carboxylic acids is 1. The highest BCUT2D eigenvalue weighted by atomic mass is 35.5. The fourth-order valence-corrected chi connectivity index (χ4v) is 4.02. The first-order valence-corrected chi connectivity index (χ1v) is 10.6. The Morgan fingerprint density at radius 1 is 1.11 bits per heavy atom. The van der Waals surface area contributed by atoms with E-state index in [1.54, 1.807) is 18.2 Å². The number of benzene rings is 2. The molecule has 28 heavy (non-hydrogen) atoms. The van der Waals surface area contributed by atoms with Crippen LogP contribution in [0.4, 0.5) is 5.69 Å². The summed E-state index contributed by atoms with van der Waals surface area (Å²) in [4.78, 5) is 12.3. The second kappa shape index (κ2) is 9.18. The van der Waals surface area contributed by atoms with Crippen LogP contribution in [0.5, 0.6) is 0 Å². The lowest BCUT2D eigenvalue weighted by atomic mass is 10.2. The van der Waals surface area contributed by atoms with Crippen LogP contribution in [0.25, 0.3) is 11.4 Å². The van der Waals surface area contributed by atoms with Crippen molar-refractivity contribution in [1.82, 2.24) is 14.8 Å². The number of nitrogens with zero attached hydrogens (tertiary/aromatic N) is 3. The van der Waals surface area contributed by atoms with Crippen molar-refractivity contribution in [2.24, 2.45) is 0 Å². The zero-order valence-electron chi connectivity index (χ0n) is 15.2. The van der Waals surface area contributed by atoms with E-state index in [4.69, 9.17) is 34.8 Å². The normalized spacial score (nSPS) is 10.9. The van der Waals surface area contributed by atoms with Crippen molar-refractivity contribution >= 4 is 58.2 Å². The number of anilines is 1. The van der Waals surface area contributed by atoms with E-state index in [2.05, 4.69) is 15.5 Å². The van der Waals surface area contributed by atoms with E-state index in [9.17, 15) is 4.79 Å². The van der Waals surface area contributed by atoms with E-state index < -0.39 is 0 Å². The minimum absolute atomic E-state index is 0.151. The molecule has 3 rings (SSSR count). The Bertz CT molecular complexity index is 1020. The van der Waals surface area contributed by atoms with Gasteiger partial charge in [-0.15, -0.1) is 10.2 Å². The summed E-state index contributed by atoms with van der Waals surface area (Å²) in [7, 11) is 0. The van der Waals surface area contributed by atoms with E-state index in [1.165, 1.54) is 11.8 Å². The number of thioether (sulfide) groups is 1. The lowest BCUT2D eigenvalue weighted by Crippen LogP contribution is -2.14. The summed E-state index contributed by atoms with van der Waals surface area (Å²) >= 11 is 19.7. The molecule has 1 N–H and O–H groups in total. The average molecular weight is 456 g/mol. The van der Waals surface area contributed by atoms with Gasteiger partial charge in [0, 0.05) is 27.8 Å². The minimum atomic E-state index is -0.151. The van der Waals surface area contributed by atoms with Crippen molar-refractivity contribution in [3.05, 3.63) is 57.0 Å². The largest absolute Gasteiger partial charge is 0.325 e. The van der Waals surface area contributed by atoms with Gasteiger partial charge in [0.05, 0.1) is 10.8 Å². The highest BCUT2D eigenvalue weighted by Gasteiger charge is 2.17. The van der Waals surface area contributed by atoms with E-state index in [-0.39, 0.29) is 11.7 Å². The smallest absolute Gasteiger partial charge is 0.234 e. The predicted molar refractivity (Wildman–Crippen MR) is 117 cm³/mol. The Kier molecular flexibility index (Phi) is 6.88. The summed E-state index contributed by atoms with van der Waals surface area (Å²) in [5.74, 6) is 0.678. The molecule has 5 nitrogen and oxygen atoms in total. The molecule has 0 radical (unpaired) electrons. The molecule has 9 heteroatoms. The molecule has 1 aromatic heterocycles. The quantitative estimate of drug-likeness (QED) is 0.466. The lowest BCUT2D eigenvalue weighted by Gasteiger charge is -2.09. The maximum Gasteiger partial charge on any atom is 0.234 e. The predicted octanol–water partition coefficient (Wildman–Crippen LogP) is 5.96. The van der Waals surface area contributed by atoms with Gasteiger partial charge in [0.1, 0.15) is 0 Å². The molecule has 1 amide bonds. The van der Waals surface area contributed by atoms with Crippen LogP contribution in [0, 0.1) is 6.92 Å². The van der Waals surface area contributed by atoms with Crippen LogP contribution in [0.1, 0.15) is 12.5 Å². The SMILES string of the molecule is CCn1c(SCC(=O)Nc2ccc(C)c(Cl)c2)nnc1-c1ccc(Cl)cc1Cl. The molecular weight excluding hydrogens is 439 g/mol. The molecular formula is C19H17Cl3N4OS. The first-order valence-electron chi connectivity index (χ1n) is 8.46. The number of aryl methyl sites for hydroxylation is 1. The molecule has 0 aliphatic heterocycles. The molecule has 146 valence electrons. The number of aromatic nitrogens is 3. The Morgan fingerprint density at radius 3 is 2.57 bits per heavy atom. The van der Waals surface area contributed by atoms with Gasteiger partial charge in [-0.3, -0.25) is 4.79 Å². The fourth-order valence-electron chi connectivity index (χ4n) is 2.55. The summed E-state index contributed by atoms with van der Waals surface area (Å²) < 4.78 is 1.91. The van der Waals surface area contributed by atoms with Crippen LogP contribution < -0.4 is 5.32 Å². The molecule has 0 saturated heterocycles. The number of halogens is 3. The number of rotatable bonds is 6. The van der Waals surface area contributed by atoms with Gasteiger partial charge in [-0.1, -0.05) is 52.6 Å². The number of hydrogen-bond donors (Lipinski definition) is 1. The number of nitrogens with one attached hydrogen (secondary N) is 1. The Morgan fingerprint density at radius 2 is 1.89 bits per heavy atom. The van der Waals surface area contributed by atoms with Gasteiger partial charge >= 0.3 is 0 Å². The second-order valence-electron chi connectivity index (χ2n) is 5.98. The van der Waals surface area contributed by atoms with Gasteiger partial charge in [0.2, 0.25) is 5.91 Å². The molecule has 0 aliphatic carbocycles. The van der Waals surface area contributed by atoms with E-state index >= 15 is 0 Å². The third kappa shape index (κ3) is 4.81. The Hall–Kier alpha value is -1.73. The first kappa shape index (κ1) is 21.0.